The second-order valence-electron chi connectivity index (χ2n) is 5.03. The van der Waals surface area contributed by atoms with E-state index in [-0.39, 0.29) is 20.4 Å². The van der Waals surface area contributed by atoms with E-state index in [4.69, 9.17) is 0 Å². The molecule has 0 heterocycles. The zero-order chi connectivity index (χ0) is 16.7. The normalized spacial score (nSPS) is 11.4. The average Bonchev–Trinajstić information content (AvgIpc) is 2.56. The minimum atomic E-state index is 0. The van der Waals surface area contributed by atoms with Crippen molar-refractivity contribution in [2.45, 2.75) is 13.8 Å². The fraction of sp³-hybridized carbons (Fsp3) is 0.105. The van der Waals surface area contributed by atoms with E-state index in [2.05, 4.69) is 34.7 Å². The Morgan fingerprint density at radius 2 is 1.38 bits per heavy atom. The molecule has 0 aliphatic heterocycles. The zero-order valence-electron chi connectivity index (χ0n) is 13.5. The van der Waals surface area contributed by atoms with Gasteiger partial charge in [0.25, 0.3) is 0 Å². The monoisotopic (exact) mass is 445 g/mol. The quantitative estimate of drug-likeness (QED) is 0.226. The van der Waals surface area contributed by atoms with Gasteiger partial charge in [-0.1, -0.05) is 61.5 Å². The van der Waals surface area contributed by atoms with Crippen molar-refractivity contribution in [2.75, 3.05) is 0 Å². The van der Waals surface area contributed by atoms with Gasteiger partial charge in [0, 0.05) is 11.3 Å². The van der Waals surface area contributed by atoms with Gasteiger partial charge in [-0.25, -0.2) is 0 Å². The van der Waals surface area contributed by atoms with E-state index in [1.165, 1.54) is 0 Å². The number of thiol groups is 2. The van der Waals surface area contributed by atoms with Crippen LogP contribution in [0.4, 0.5) is 0 Å². The number of benzene rings is 2. The number of hydrogen-bond acceptors (Lipinski definition) is 0. The van der Waals surface area contributed by atoms with Crippen molar-refractivity contribution in [1.29, 1.82) is 0 Å². The van der Waals surface area contributed by atoms with Gasteiger partial charge < -0.3 is 5.32 Å². The maximum atomic E-state index is 4.49. The van der Waals surface area contributed by atoms with E-state index in [0.29, 0.717) is 9.98 Å². The Morgan fingerprint density at radius 1 is 0.875 bits per heavy atom. The van der Waals surface area contributed by atoms with Gasteiger partial charge in [0.2, 0.25) is 0 Å². The zero-order valence-corrected chi connectivity index (χ0v) is 16.8. The van der Waals surface area contributed by atoms with Crippen molar-refractivity contribution in [1.82, 2.24) is 0 Å². The molecular weight excluding hydrogens is 427 g/mol. The van der Waals surface area contributed by atoms with Gasteiger partial charge >= 0.3 is 25.4 Å². The minimum Gasteiger partial charge on any atom is -0.611 e. The molecule has 0 saturated carbocycles. The number of hydrogen-bond donors (Lipinski definition) is 0. The summed E-state index contributed by atoms with van der Waals surface area (Å²) < 4.78 is 0. The molecule has 2 nitrogen and oxygen atoms in total. The third-order valence-corrected chi connectivity index (χ3v) is 3.76. The molecule has 2 aromatic rings. The summed E-state index contributed by atoms with van der Waals surface area (Å²) in [6, 6.07) is 19.7. The molecule has 124 valence electrons. The van der Waals surface area contributed by atoms with Crippen molar-refractivity contribution in [3.05, 3.63) is 88.9 Å². The van der Waals surface area contributed by atoms with Crippen LogP contribution >= 0.6 is 0 Å². The van der Waals surface area contributed by atoms with Crippen LogP contribution in [-0.4, -0.2) is 15.7 Å². The molecule has 0 radical (unpaired) electrons. The summed E-state index contributed by atoms with van der Waals surface area (Å²) >= 11 is 8.91. The van der Waals surface area contributed by atoms with E-state index in [0.717, 1.165) is 22.5 Å². The van der Waals surface area contributed by atoms with Gasteiger partial charge in [-0.3, -0.25) is 0 Å². The number of allylic oxidation sites excluding steroid dienone is 2. The van der Waals surface area contributed by atoms with Gasteiger partial charge in [-0.2, -0.15) is 10.7 Å². The fourth-order valence-electron chi connectivity index (χ4n) is 2.00. The predicted molar refractivity (Wildman–Crippen MR) is 109 cm³/mol. The van der Waals surface area contributed by atoms with Crippen LogP contribution < -0.4 is 0 Å². The van der Waals surface area contributed by atoms with Crippen LogP contribution in [0.15, 0.2) is 77.4 Å². The van der Waals surface area contributed by atoms with Gasteiger partial charge in [-0.05, 0) is 19.1 Å². The second kappa shape index (κ2) is 10.4. The molecule has 0 unspecified atom stereocenters. The van der Waals surface area contributed by atoms with Crippen LogP contribution in [0.1, 0.15) is 25.0 Å². The summed E-state index contributed by atoms with van der Waals surface area (Å²) in [6.07, 6.45) is 1.92. The molecule has 2 rings (SSSR count). The van der Waals surface area contributed by atoms with Crippen LogP contribution in [-0.2, 0) is 44.9 Å². The Kier molecular flexibility index (Phi) is 8.88. The Balaban J connectivity index is 0.00000288. The molecule has 0 aromatic heterocycles. The Labute approximate surface area is 167 Å². The van der Waals surface area contributed by atoms with Crippen LogP contribution in [0.2, 0.25) is 0 Å². The number of aliphatic imine (C=N–C) groups is 1. The first-order valence-corrected chi connectivity index (χ1v) is 8.13. The Hall–Kier alpha value is -1.51. The van der Waals surface area contributed by atoms with Gasteiger partial charge in [0.05, 0.1) is 5.56 Å². The summed E-state index contributed by atoms with van der Waals surface area (Å²) in [4.78, 5) is 5.87. The maximum absolute atomic E-state index is 4.49. The largest absolute Gasteiger partial charge is 2.00 e. The minimum absolute atomic E-state index is 0. The SMILES string of the molecule is CC(=CC(C)=NC(=[SH+])c1ccccc1)[N-]C(=[SH+])c1ccccc1.[Pd+2]. The van der Waals surface area contributed by atoms with Crippen molar-refractivity contribution in [2.24, 2.45) is 4.99 Å². The number of rotatable bonds is 4. The van der Waals surface area contributed by atoms with Crippen molar-refractivity contribution < 1.29 is 20.4 Å². The molecule has 0 N–H and O–H groups in total. The van der Waals surface area contributed by atoms with Gasteiger partial charge in [0.1, 0.15) is 17.2 Å². The second-order valence-corrected chi connectivity index (χ2v) is 5.88. The molecule has 0 spiro atoms. The van der Waals surface area contributed by atoms with Gasteiger partial charge in [-0.15, -0.1) is 0 Å². The van der Waals surface area contributed by atoms with E-state index in [9.17, 15) is 0 Å². The summed E-state index contributed by atoms with van der Waals surface area (Å²) in [5.74, 6) is 0. The smallest absolute Gasteiger partial charge is 0.611 e. The van der Waals surface area contributed by atoms with Crippen molar-refractivity contribution in [3.63, 3.8) is 0 Å². The van der Waals surface area contributed by atoms with E-state index >= 15 is 0 Å². The van der Waals surface area contributed by atoms with Crippen LogP contribution in [0.5, 0.6) is 0 Å². The van der Waals surface area contributed by atoms with Crippen LogP contribution in [0.25, 0.3) is 5.32 Å². The van der Waals surface area contributed by atoms with E-state index in [1.807, 2.05) is 80.6 Å². The molecule has 0 bridgehead atoms. The summed E-state index contributed by atoms with van der Waals surface area (Å²) in [5, 5.41) is 4.49. The summed E-state index contributed by atoms with van der Waals surface area (Å²) in [5.41, 5.74) is 3.66. The molecule has 0 fully saturated rings. The molecular formula is C19H19N2PdS2+3. The van der Waals surface area contributed by atoms with E-state index in [1.54, 1.807) is 0 Å². The Bertz CT molecular complexity index is 753. The third kappa shape index (κ3) is 6.54. The van der Waals surface area contributed by atoms with Crippen molar-refractivity contribution in [3.8, 4) is 0 Å². The van der Waals surface area contributed by atoms with E-state index < -0.39 is 0 Å². The Morgan fingerprint density at radius 3 is 1.92 bits per heavy atom. The molecule has 24 heavy (non-hydrogen) atoms. The molecule has 2 aromatic carbocycles. The van der Waals surface area contributed by atoms with Crippen molar-refractivity contribution >= 4 is 40.1 Å². The summed E-state index contributed by atoms with van der Waals surface area (Å²) in [6.45, 7) is 3.86. The number of nitrogens with zero attached hydrogens (tertiary/aromatic N) is 2. The fourth-order valence-corrected chi connectivity index (χ4v) is 2.62. The van der Waals surface area contributed by atoms with Gasteiger partial charge in [0.15, 0.2) is 12.2 Å². The predicted octanol–water partition coefficient (Wildman–Crippen LogP) is 3.64. The molecule has 5 heteroatoms. The standard InChI is InChI=1S/C19H18N2S2.Pd/c1-14(20-18(22)16-9-5-3-6-10-16)13-15(2)21-19(23)17-11-7-4-8-12-17;/h3-13H,1-2H3,(H,20,21,22,23);/q;+2/p+1. The summed E-state index contributed by atoms with van der Waals surface area (Å²) in [7, 11) is 0. The molecule has 0 atom stereocenters. The molecule has 0 aliphatic carbocycles. The molecule has 0 amide bonds. The first kappa shape index (κ1) is 20.5. The maximum Gasteiger partial charge on any atom is 2.00 e. The van der Waals surface area contributed by atoms with Crippen LogP contribution in [0, 0.1) is 0 Å². The first-order valence-electron chi connectivity index (χ1n) is 7.24. The topological polar surface area (TPSA) is 26.5 Å². The average molecular weight is 446 g/mol. The van der Waals surface area contributed by atoms with Crippen LogP contribution in [0.3, 0.4) is 0 Å². The molecule has 0 saturated heterocycles. The third-order valence-electron chi connectivity index (χ3n) is 3.05. The molecule has 0 aliphatic rings. The first-order chi connectivity index (χ1) is 11.1.